The molecule has 0 bridgehead atoms. The lowest BCUT2D eigenvalue weighted by atomic mass is 10.1. The Hall–Kier alpha value is -1.78. The Morgan fingerprint density at radius 3 is 2.45 bits per heavy atom. The molecule has 0 saturated carbocycles. The topological polar surface area (TPSA) is 67.4 Å². The molecule has 20 heavy (non-hydrogen) atoms. The van der Waals surface area contributed by atoms with Gasteiger partial charge in [-0.1, -0.05) is 25.2 Å². The second-order valence-corrected chi connectivity index (χ2v) is 5.32. The number of rotatable bonds is 7. The van der Waals surface area contributed by atoms with Gasteiger partial charge in [-0.2, -0.15) is 0 Å². The Morgan fingerprint density at radius 1 is 1.35 bits per heavy atom. The maximum absolute atomic E-state index is 11.6. The first-order chi connectivity index (χ1) is 9.34. The minimum Gasteiger partial charge on any atom is -0.444 e. The number of alkyl carbamates (subject to hydrolysis) is 1. The largest absolute Gasteiger partial charge is 0.444 e. The monoisotopic (exact) mass is 282 g/mol. The number of ether oxygens (including phenoxy) is 1. The van der Waals surface area contributed by atoms with E-state index in [0.29, 0.717) is 6.41 Å². The third kappa shape index (κ3) is 8.34. The fraction of sp³-hybridized carbons (Fsp3) is 0.600. The molecule has 0 radical (unpaired) electrons. The van der Waals surface area contributed by atoms with Crippen LogP contribution in [0.3, 0.4) is 0 Å². The summed E-state index contributed by atoms with van der Waals surface area (Å²) in [6.45, 7) is 9.61. The number of hydrogen-bond acceptors (Lipinski definition) is 3. The minimum absolute atomic E-state index is 0.271. The van der Waals surface area contributed by atoms with Gasteiger partial charge in [0.1, 0.15) is 5.60 Å². The molecule has 0 aromatic carbocycles. The highest BCUT2D eigenvalue weighted by Gasteiger charge is 2.18. The highest BCUT2D eigenvalue weighted by molar-refractivity contribution is 5.68. The molecule has 5 heteroatoms. The van der Waals surface area contributed by atoms with Gasteiger partial charge in [-0.3, -0.25) is 4.79 Å². The van der Waals surface area contributed by atoms with E-state index in [0.717, 1.165) is 12.0 Å². The van der Waals surface area contributed by atoms with E-state index < -0.39 is 11.7 Å². The van der Waals surface area contributed by atoms with Gasteiger partial charge in [0.2, 0.25) is 6.41 Å². The van der Waals surface area contributed by atoms with Crippen molar-refractivity contribution in [2.45, 2.75) is 52.7 Å². The van der Waals surface area contributed by atoms with E-state index in [1.165, 1.54) is 0 Å². The third-order valence-corrected chi connectivity index (χ3v) is 2.40. The van der Waals surface area contributed by atoms with Crippen molar-refractivity contribution in [1.29, 1.82) is 0 Å². The summed E-state index contributed by atoms with van der Waals surface area (Å²) in [5.74, 6) is 0. The maximum atomic E-state index is 11.6. The van der Waals surface area contributed by atoms with Gasteiger partial charge >= 0.3 is 6.09 Å². The molecular weight excluding hydrogens is 256 g/mol. The molecule has 0 aliphatic carbocycles. The molecule has 0 fully saturated rings. The Balaban J connectivity index is 4.58. The van der Waals surface area contributed by atoms with Crippen LogP contribution in [-0.4, -0.2) is 30.7 Å². The number of carbonyl (C=O) groups excluding carboxylic acids is 2. The van der Waals surface area contributed by atoms with Crippen molar-refractivity contribution < 1.29 is 14.3 Å². The van der Waals surface area contributed by atoms with Crippen molar-refractivity contribution in [3.8, 4) is 0 Å². The molecule has 0 rings (SSSR count). The van der Waals surface area contributed by atoms with E-state index in [-0.39, 0.29) is 12.6 Å². The molecule has 0 aliphatic heterocycles. The van der Waals surface area contributed by atoms with Crippen LogP contribution in [0.2, 0.25) is 0 Å². The van der Waals surface area contributed by atoms with Crippen molar-refractivity contribution in [2.75, 3.05) is 6.54 Å². The Labute approximate surface area is 121 Å². The molecule has 2 amide bonds. The van der Waals surface area contributed by atoms with Crippen molar-refractivity contribution >= 4 is 12.5 Å². The predicted molar refractivity (Wildman–Crippen MR) is 80.4 cm³/mol. The van der Waals surface area contributed by atoms with E-state index in [9.17, 15) is 9.59 Å². The quantitative estimate of drug-likeness (QED) is 0.557. The standard InChI is InChI=1S/C15H26N2O3/c1-6-8-9-12(7-2)13(17-11-18)10-16-14(19)20-15(3,4)5/h7-9,11,13H,6,10H2,1-5H3,(H,16,19)(H,17,18)/b9-8-,12-7+. The zero-order valence-electron chi connectivity index (χ0n) is 13.0. The van der Waals surface area contributed by atoms with Crippen LogP contribution in [0.15, 0.2) is 23.8 Å². The van der Waals surface area contributed by atoms with Crippen LogP contribution >= 0.6 is 0 Å². The lowest BCUT2D eigenvalue weighted by Gasteiger charge is -2.22. The summed E-state index contributed by atoms with van der Waals surface area (Å²) in [7, 11) is 0. The van der Waals surface area contributed by atoms with Gasteiger partial charge in [-0.05, 0) is 39.7 Å². The van der Waals surface area contributed by atoms with Crippen molar-refractivity contribution in [3.05, 3.63) is 23.8 Å². The molecule has 0 saturated heterocycles. The minimum atomic E-state index is -0.538. The Bertz CT molecular complexity index is 368. The number of allylic oxidation sites excluding steroid dienone is 2. The zero-order valence-corrected chi connectivity index (χ0v) is 13.0. The lowest BCUT2D eigenvalue weighted by Crippen LogP contribution is -2.43. The van der Waals surface area contributed by atoms with Gasteiger partial charge in [0.15, 0.2) is 0 Å². The molecule has 0 aromatic heterocycles. The van der Waals surface area contributed by atoms with Crippen molar-refractivity contribution in [2.24, 2.45) is 0 Å². The molecule has 0 heterocycles. The van der Waals surface area contributed by atoms with Crippen LogP contribution in [0, 0.1) is 0 Å². The molecule has 0 spiro atoms. The first-order valence-electron chi connectivity index (χ1n) is 6.83. The second kappa shape index (κ2) is 9.18. The van der Waals surface area contributed by atoms with Gasteiger partial charge in [0, 0.05) is 6.54 Å². The highest BCUT2D eigenvalue weighted by Crippen LogP contribution is 2.08. The van der Waals surface area contributed by atoms with Gasteiger partial charge in [-0.15, -0.1) is 0 Å². The average Bonchev–Trinajstić information content (AvgIpc) is 2.34. The van der Waals surface area contributed by atoms with E-state index in [2.05, 4.69) is 10.6 Å². The van der Waals surface area contributed by atoms with Crippen LogP contribution in [0.4, 0.5) is 4.79 Å². The summed E-state index contributed by atoms with van der Waals surface area (Å²) in [5, 5.41) is 5.35. The molecule has 1 atom stereocenters. The SMILES string of the molecule is C/C=C(\C=C/CC)C(CNC(=O)OC(C)(C)C)NC=O. The van der Waals surface area contributed by atoms with Crippen molar-refractivity contribution in [1.82, 2.24) is 10.6 Å². The Morgan fingerprint density at radius 2 is 2.00 bits per heavy atom. The predicted octanol–water partition coefficient (Wildman–Crippen LogP) is 2.54. The average molecular weight is 282 g/mol. The first-order valence-corrected chi connectivity index (χ1v) is 6.83. The van der Waals surface area contributed by atoms with Gasteiger partial charge in [0.25, 0.3) is 0 Å². The number of hydrogen-bond donors (Lipinski definition) is 2. The van der Waals surface area contributed by atoms with E-state index in [1.54, 1.807) is 20.8 Å². The fourth-order valence-electron chi connectivity index (χ4n) is 1.52. The Kier molecular flexibility index (Phi) is 8.36. The number of carbonyl (C=O) groups is 2. The molecule has 5 nitrogen and oxygen atoms in total. The van der Waals surface area contributed by atoms with Crippen LogP contribution in [0.1, 0.15) is 41.0 Å². The third-order valence-electron chi connectivity index (χ3n) is 2.40. The number of nitrogens with one attached hydrogen (secondary N) is 2. The summed E-state index contributed by atoms with van der Waals surface area (Å²) >= 11 is 0. The maximum Gasteiger partial charge on any atom is 0.407 e. The first kappa shape index (κ1) is 18.2. The van der Waals surface area contributed by atoms with Crippen LogP contribution in [0.25, 0.3) is 0 Å². The highest BCUT2D eigenvalue weighted by atomic mass is 16.6. The zero-order chi connectivity index (χ0) is 15.6. The van der Waals surface area contributed by atoms with Gasteiger partial charge in [-0.25, -0.2) is 4.79 Å². The molecule has 2 N–H and O–H groups in total. The summed E-state index contributed by atoms with van der Waals surface area (Å²) < 4.78 is 5.16. The van der Waals surface area contributed by atoms with Gasteiger partial charge < -0.3 is 15.4 Å². The lowest BCUT2D eigenvalue weighted by molar-refractivity contribution is -0.109. The van der Waals surface area contributed by atoms with Crippen LogP contribution in [0.5, 0.6) is 0 Å². The van der Waals surface area contributed by atoms with Crippen LogP contribution < -0.4 is 10.6 Å². The summed E-state index contributed by atoms with van der Waals surface area (Å²) in [6.07, 6.45) is 6.89. The van der Waals surface area contributed by atoms with Gasteiger partial charge in [0.05, 0.1) is 6.04 Å². The van der Waals surface area contributed by atoms with E-state index in [1.807, 2.05) is 32.1 Å². The van der Waals surface area contributed by atoms with Crippen LogP contribution in [-0.2, 0) is 9.53 Å². The summed E-state index contributed by atoms with van der Waals surface area (Å²) in [4.78, 5) is 22.3. The molecule has 0 aliphatic rings. The summed E-state index contributed by atoms with van der Waals surface area (Å²) in [6, 6.07) is -0.271. The molecular formula is C15H26N2O3. The molecule has 0 aromatic rings. The number of amides is 2. The molecule has 1 unspecified atom stereocenters. The second-order valence-electron chi connectivity index (χ2n) is 5.32. The fourth-order valence-corrected chi connectivity index (χ4v) is 1.52. The smallest absolute Gasteiger partial charge is 0.407 e. The summed E-state index contributed by atoms with van der Waals surface area (Å²) in [5.41, 5.74) is 0.401. The van der Waals surface area contributed by atoms with E-state index >= 15 is 0 Å². The molecule has 114 valence electrons. The van der Waals surface area contributed by atoms with Crippen molar-refractivity contribution in [3.63, 3.8) is 0 Å². The normalized spacial score (nSPS) is 13.9. The van der Waals surface area contributed by atoms with E-state index in [4.69, 9.17) is 4.74 Å².